The first-order valence-corrected chi connectivity index (χ1v) is 10.9. The van der Waals surface area contributed by atoms with Gasteiger partial charge in [-0.1, -0.05) is 30.3 Å². The number of nitrogens with zero attached hydrogens (tertiary/aromatic N) is 1. The number of carbonyl (C=O) groups excluding carboxylic acids is 1. The number of hydrogen-bond acceptors (Lipinski definition) is 4. The van der Waals surface area contributed by atoms with E-state index in [1.54, 1.807) is 18.5 Å². The Kier molecular flexibility index (Phi) is 5.22. The molecule has 0 fully saturated rings. The second-order valence-corrected chi connectivity index (χ2v) is 8.29. The molecule has 0 aliphatic rings. The van der Waals surface area contributed by atoms with Crippen molar-refractivity contribution in [3.8, 4) is 11.1 Å². The Morgan fingerprint density at radius 3 is 2.74 bits per heavy atom. The van der Waals surface area contributed by atoms with Crippen LogP contribution in [0.5, 0.6) is 0 Å². The van der Waals surface area contributed by atoms with Gasteiger partial charge in [-0.2, -0.15) is 0 Å². The zero-order valence-corrected chi connectivity index (χ0v) is 17.4. The van der Waals surface area contributed by atoms with Crippen LogP contribution in [-0.2, 0) is 6.42 Å². The number of nitrogens with one attached hydrogen (secondary N) is 1. The van der Waals surface area contributed by atoms with E-state index in [-0.39, 0.29) is 11.7 Å². The molecule has 4 nitrogen and oxygen atoms in total. The molecular weight excluding hydrogens is 411 g/mol. The molecule has 0 atom stereocenters. The molecule has 3 aromatic heterocycles. The monoisotopic (exact) mass is 430 g/mol. The lowest BCUT2D eigenvalue weighted by atomic mass is 10.0. The topological polar surface area (TPSA) is 55.1 Å². The Morgan fingerprint density at radius 1 is 1.06 bits per heavy atom. The van der Waals surface area contributed by atoms with Crippen LogP contribution < -0.4 is 5.32 Å². The SMILES string of the molecule is O=C(NCCCc1ccco1)c1sc2c(cnc3ccc(F)cc32)c1-c1ccccc1. The maximum Gasteiger partial charge on any atom is 0.262 e. The Labute approximate surface area is 182 Å². The van der Waals surface area contributed by atoms with E-state index in [4.69, 9.17) is 4.42 Å². The average molecular weight is 431 g/mol. The molecule has 154 valence electrons. The van der Waals surface area contributed by atoms with Crippen molar-refractivity contribution in [2.24, 2.45) is 0 Å². The number of halogens is 1. The van der Waals surface area contributed by atoms with Gasteiger partial charge in [-0.3, -0.25) is 9.78 Å². The standard InChI is InChI=1S/C25H19FN2O2S/c26-17-10-11-21-19(14-17)23-20(15-28-21)22(16-6-2-1-3-7-16)24(31-23)25(29)27-12-4-8-18-9-5-13-30-18/h1-3,5-7,9-11,13-15H,4,8,12H2,(H,27,29). The Balaban J connectivity index is 1.53. The smallest absolute Gasteiger partial charge is 0.262 e. The van der Waals surface area contributed by atoms with E-state index >= 15 is 0 Å². The molecular formula is C25H19FN2O2S. The summed E-state index contributed by atoms with van der Waals surface area (Å²) >= 11 is 1.38. The highest BCUT2D eigenvalue weighted by atomic mass is 32.1. The summed E-state index contributed by atoms with van der Waals surface area (Å²) in [5.41, 5.74) is 2.48. The average Bonchev–Trinajstić information content (AvgIpc) is 3.45. The molecule has 0 aliphatic heterocycles. The van der Waals surface area contributed by atoms with E-state index in [1.807, 2.05) is 42.5 Å². The van der Waals surface area contributed by atoms with Crippen LogP contribution in [0.2, 0.25) is 0 Å². The van der Waals surface area contributed by atoms with Gasteiger partial charge in [0.25, 0.3) is 5.91 Å². The number of thiophene rings is 1. The second-order valence-electron chi connectivity index (χ2n) is 7.27. The summed E-state index contributed by atoms with van der Waals surface area (Å²) < 4.78 is 20.2. The van der Waals surface area contributed by atoms with Gasteiger partial charge in [-0.15, -0.1) is 11.3 Å². The Hall–Kier alpha value is -3.51. The van der Waals surface area contributed by atoms with Gasteiger partial charge in [0.2, 0.25) is 0 Å². The van der Waals surface area contributed by atoms with E-state index in [0.717, 1.165) is 45.2 Å². The molecule has 2 aromatic carbocycles. The summed E-state index contributed by atoms with van der Waals surface area (Å²) in [5, 5.41) is 4.60. The maximum atomic E-state index is 14.0. The predicted molar refractivity (Wildman–Crippen MR) is 122 cm³/mol. The Bertz CT molecular complexity index is 1360. The fourth-order valence-electron chi connectivity index (χ4n) is 3.75. The number of hydrogen-bond donors (Lipinski definition) is 1. The van der Waals surface area contributed by atoms with Crippen LogP contribution in [-0.4, -0.2) is 17.4 Å². The van der Waals surface area contributed by atoms with Crippen LogP contribution in [0, 0.1) is 5.82 Å². The number of fused-ring (bicyclic) bond motifs is 3. The van der Waals surface area contributed by atoms with Gasteiger partial charge in [-0.05, 0) is 42.3 Å². The molecule has 0 saturated heterocycles. The number of aromatic nitrogens is 1. The number of rotatable bonds is 6. The van der Waals surface area contributed by atoms with Crippen molar-refractivity contribution in [2.75, 3.05) is 6.54 Å². The molecule has 1 amide bonds. The van der Waals surface area contributed by atoms with Crippen molar-refractivity contribution in [1.29, 1.82) is 0 Å². The number of carbonyl (C=O) groups is 1. The minimum atomic E-state index is -0.319. The third-order valence-electron chi connectivity index (χ3n) is 5.22. The summed E-state index contributed by atoms with van der Waals surface area (Å²) in [7, 11) is 0. The first kappa shape index (κ1) is 19.5. The Morgan fingerprint density at radius 2 is 1.94 bits per heavy atom. The fourth-order valence-corrected chi connectivity index (χ4v) is 4.99. The molecule has 3 heterocycles. The van der Waals surface area contributed by atoms with Gasteiger partial charge in [-0.25, -0.2) is 4.39 Å². The summed E-state index contributed by atoms with van der Waals surface area (Å²) in [4.78, 5) is 18.3. The van der Waals surface area contributed by atoms with Crippen LogP contribution in [0.4, 0.5) is 4.39 Å². The van der Waals surface area contributed by atoms with E-state index in [0.29, 0.717) is 16.9 Å². The van der Waals surface area contributed by atoms with Crippen molar-refractivity contribution < 1.29 is 13.6 Å². The number of benzene rings is 2. The fraction of sp³-hybridized carbons (Fsp3) is 0.120. The highest BCUT2D eigenvalue weighted by Crippen LogP contribution is 2.41. The molecule has 5 rings (SSSR count). The van der Waals surface area contributed by atoms with E-state index in [9.17, 15) is 9.18 Å². The summed E-state index contributed by atoms with van der Waals surface area (Å²) in [5.74, 6) is 0.449. The predicted octanol–water partition coefficient (Wildman–Crippen LogP) is 6.21. The molecule has 0 aliphatic carbocycles. The molecule has 0 unspecified atom stereocenters. The molecule has 31 heavy (non-hydrogen) atoms. The third-order valence-corrected chi connectivity index (χ3v) is 6.45. The van der Waals surface area contributed by atoms with Crippen LogP contribution >= 0.6 is 11.3 Å². The zero-order valence-electron chi connectivity index (χ0n) is 16.6. The molecule has 0 spiro atoms. The first-order valence-electron chi connectivity index (χ1n) is 10.1. The van der Waals surface area contributed by atoms with Crippen LogP contribution in [0.25, 0.3) is 32.1 Å². The number of aryl methyl sites for hydroxylation is 1. The van der Waals surface area contributed by atoms with Crippen molar-refractivity contribution >= 4 is 38.2 Å². The zero-order chi connectivity index (χ0) is 21.2. The normalized spacial score (nSPS) is 11.3. The van der Waals surface area contributed by atoms with Crippen LogP contribution in [0.3, 0.4) is 0 Å². The first-order chi connectivity index (χ1) is 15.2. The third kappa shape index (κ3) is 3.82. The molecule has 5 aromatic rings. The van der Waals surface area contributed by atoms with Crippen LogP contribution in [0.15, 0.2) is 77.5 Å². The number of amides is 1. The largest absolute Gasteiger partial charge is 0.469 e. The van der Waals surface area contributed by atoms with Crippen molar-refractivity contribution in [2.45, 2.75) is 12.8 Å². The van der Waals surface area contributed by atoms with Crippen molar-refractivity contribution in [3.63, 3.8) is 0 Å². The lowest BCUT2D eigenvalue weighted by Gasteiger charge is -2.07. The second kappa shape index (κ2) is 8.32. The highest BCUT2D eigenvalue weighted by Gasteiger charge is 2.21. The van der Waals surface area contributed by atoms with Gasteiger partial charge in [0.05, 0.1) is 11.8 Å². The number of pyridine rings is 1. The molecule has 0 radical (unpaired) electrons. The van der Waals surface area contributed by atoms with Gasteiger partial charge in [0.1, 0.15) is 16.5 Å². The van der Waals surface area contributed by atoms with Gasteiger partial charge in [0, 0.05) is 40.2 Å². The van der Waals surface area contributed by atoms with Gasteiger partial charge < -0.3 is 9.73 Å². The van der Waals surface area contributed by atoms with Crippen molar-refractivity contribution in [1.82, 2.24) is 10.3 Å². The summed E-state index contributed by atoms with van der Waals surface area (Å²) in [6.07, 6.45) is 4.97. The van der Waals surface area contributed by atoms with Crippen LogP contribution in [0.1, 0.15) is 21.9 Å². The molecule has 0 bridgehead atoms. The quantitative estimate of drug-likeness (QED) is 0.326. The summed E-state index contributed by atoms with van der Waals surface area (Å²) in [6.45, 7) is 0.537. The lowest BCUT2D eigenvalue weighted by Crippen LogP contribution is -2.24. The van der Waals surface area contributed by atoms with Gasteiger partial charge >= 0.3 is 0 Å². The van der Waals surface area contributed by atoms with Crippen molar-refractivity contribution in [3.05, 3.63) is 89.6 Å². The van der Waals surface area contributed by atoms with E-state index in [2.05, 4.69) is 10.3 Å². The minimum Gasteiger partial charge on any atom is -0.469 e. The molecule has 1 N–H and O–H groups in total. The van der Waals surface area contributed by atoms with Gasteiger partial charge in [0.15, 0.2) is 0 Å². The lowest BCUT2D eigenvalue weighted by molar-refractivity contribution is 0.0957. The number of furan rings is 1. The maximum absolute atomic E-state index is 14.0. The minimum absolute atomic E-state index is 0.135. The summed E-state index contributed by atoms with van der Waals surface area (Å²) in [6, 6.07) is 18.1. The highest BCUT2D eigenvalue weighted by molar-refractivity contribution is 7.22. The molecule has 6 heteroatoms. The molecule has 0 saturated carbocycles. The van der Waals surface area contributed by atoms with E-state index in [1.165, 1.54) is 23.5 Å². The van der Waals surface area contributed by atoms with E-state index < -0.39 is 0 Å².